The lowest BCUT2D eigenvalue weighted by Crippen LogP contribution is -1.93. The fraction of sp³-hybridized carbons (Fsp3) is 0.136. The van der Waals surface area contributed by atoms with Crippen LogP contribution in [0.25, 0.3) is 17.1 Å². The van der Waals surface area contributed by atoms with Crippen LogP contribution in [0, 0.1) is 32.1 Å². The van der Waals surface area contributed by atoms with Gasteiger partial charge < -0.3 is 8.83 Å². The van der Waals surface area contributed by atoms with Crippen LogP contribution >= 0.6 is 0 Å². The van der Waals surface area contributed by atoms with E-state index in [9.17, 15) is 5.26 Å². The monoisotopic (exact) mass is 370 g/mol. The molecular weight excluding hydrogens is 352 g/mol. The molecule has 28 heavy (non-hydrogen) atoms. The van der Waals surface area contributed by atoms with Gasteiger partial charge in [-0.05, 0) is 45.0 Å². The van der Waals surface area contributed by atoms with Crippen LogP contribution in [0.3, 0.4) is 0 Å². The molecule has 0 spiro atoms. The zero-order chi connectivity index (χ0) is 19.7. The normalized spacial score (nSPS) is 11.2. The van der Waals surface area contributed by atoms with Gasteiger partial charge in [-0.25, -0.2) is 9.67 Å². The Bertz CT molecular complexity index is 1200. The van der Waals surface area contributed by atoms with Gasteiger partial charge in [0.25, 0.3) is 0 Å². The molecule has 0 radical (unpaired) electrons. The van der Waals surface area contributed by atoms with Gasteiger partial charge in [-0.3, -0.25) is 0 Å². The molecule has 0 N–H and O–H groups in total. The van der Waals surface area contributed by atoms with E-state index in [1.54, 1.807) is 10.9 Å². The second kappa shape index (κ2) is 7.05. The van der Waals surface area contributed by atoms with Crippen molar-refractivity contribution in [3.63, 3.8) is 0 Å². The van der Waals surface area contributed by atoms with Crippen LogP contribution in [0.2, 0.25) is 0 Å². The van der Waals surface area contributed by atoms with Crippen LogP contribution in [0.4, 0.5) is 5.88 Å². The molecule has 138 valence electrons. The first-order chi connectivity index (χ1) is 13.6. The second-order valence-electron chi connectivity index (χ2n) is 6.46. The smallest absolute Gasteiger partial charge is 0.237 e. The highest BCUT2D eigenvalue weighted by atomic mass is 16.4. The molecule has 6 heteroatoms. The molecular formula is C22H18N4O2. The van der Waals surface area contributed by atoms with Gasteiger partial charge in [-0.15, -0.1) is 0 Å². The number of nitrogens with zero attached hydrogens (tertiary/aromatic N) is 4. The fourth-order valence-electron chi connectivity index (χ4n) is 2.91. The zero-order valence-corrected chi connectivity index (χ0v) is 15.8. The van der Waals surface area contributed by atoms with Crippen molar-refractivity contribution in [2.24, 2.45) is 4.99 Å². The maximum Gasteiger partial charge on any atom is 0.237 e. The first kappa shape index (κ1) is 17.6. The average molecular weight is 370 g/mol. The summed E-state index contributed by atoms with van der Waals surface area (Å²) in [6, 6.07) is 15.7. The summed E-state index contributed by atoms with van der Waals surface area (Å²) in [4.78, 5) is 4.42. The number of aromatic nitrogens is 2. The first-order valence-electron chi connectivity index (χ1n) is 8.83. The number of furan rings is 2. The van der Waals surface area contributed by atoms with Gasteiger partial charge in [0.15, 0.2) is 5.76 Å². The van der Waals surface area contributed by atoms with Crippen LogP contribution < -0.4 is 0 Å². The predicted octanol–water partition coefficient (Wildman–Crippen LogP) is 5.27. The quantitative estimate of drug-likeness (QED) is 0.458. The standard InChI is InChI=1S/C22H18N4O2/c1-14-9-10-20(27-14)21-17(13-26(25-21)18-7-5-4-6-8-18)12-24-22-19(11-23)15(2)16(3)28-22/h4-10,12-13H,1-3H3. The molecule has 0 unspecified atom stereocenters. The summed E-state index contributed by atoms with van der Waals surface area (Å²) in [6.45, 7) is 5.56. The minimum atomic E-state index is 0.298. The van der Waals surface area contributed by atoms with Gasteiger partial charge in [-0.2, -0.15) is 10.4 Å². The summed E-state index contributed by atoms with van der Waals surface area (Å²) in [7, 11) is 0. The molecule has 0 aliphatic rings. The van der Waals surface area contributed by atoms with Gasteiger partial charge in [0.2, 0.25) is 5.88 Å². The van der Waals surface area contributed by atoms with Gasteiger partial charge in [0.1, 0.15) is 28.8 Å². The Hall–Kier alpha value is -3.85. The lowest BCUT2D eigenvalue weighted by atomic mass is 10.2. The molecule has 0 bridgehead atoms. The molecule has 0 atom stereocenters. The Morgan fingerprint density at radius 1 is 1.07 bits per heavy atom. The largest absolute Gasteiger partial charge is 0.460 e. The van der Waals surface area contributed by atoms with E-state index in [2.05, 4.69) is 16.2 Å². The summed E-state index contributed by atoms with van der Waals surface area (Å²) < 4.78 is 13.2. The van der Waals surface area contributed by atoms with E-state index in [0.717, 1.165) is 22.6 Å². The fourth-order valence-corrected chi connectivity index (χ4v) is 2.91. The summed E-state index contributed by atoms with van der Waals surface area (Å²) in [5.74, 6) is 2.44. The minimum Gasteiger partial charge on any atom is -0.460 e. The van der Waals surface area contributed by atoms with Gasteiger partial charge in [0.05, 0.1) is 5.69 Å². The number of rotatable bonds is 4. The van der Waals surface area contributed by atoms with Gasteiger partial charge >= 0.3 is 0 Å². The molecule has 6 nitrogen and oxygen atoms in total. The topological polar surface area (TPSA) is 80.2 Å². The molecule has 1 aromatic carbocycles. The van der Waals surface area contributed by atoms with Crippen LogP contribution in [0.15, 0.2) is 62.5 Å². The van der Waals surface area contributed by atoms with Crippen molar-refractivity contribution >= 4 is 12.1 Å². The van der Waals surface area contributed by atoms with Crippen molar-refractivity contribution in [1.82, 2.24) is 9.78 Å². The van der Waals surface area contributed by atoms with Crippen LogP contribution in [-0.4, -0.2) is 16.0 Å². The molecule has 0 fully saturated rings. The molecule has 3 aromatic heterocycles. The van der Waals surface area contributed by atoms with Crippen molar-refractivity contribution in [3.05, 3.63) is 76.9 Å². The first-order valence-corrected chi connectivity index (χ1v) is 8.83. The molecule has 4 rings (SSSR count). The highest BCUT2D eigenvalue weighted by molar-refractivity contribution is 5.89. The number of para-hydroxylation sites is 1. The van der Waals surface area contributed by atoms with E-state index in [1.165, 1.54) is 0 Å². The predicted molar refractivity (Wildman–Crippen MR) is 106 cm³/mol. The SMILES string of the molecule is Cc1ccc(-c2nn(-c3ccccc3)cc2C=Nc2oc(C)c(C)c2C#N)o1. The third-order valence-corrected chi connectivity index (χ3v) is 4.54. The van der Waals surface area contributed by atoms with Crippen molar-refractivity contribution < 1.29 is 8.83 Å². The Morgan fingerprint density at radius 2 is 1.86 bits per heavy atom. The second-order valence-corrected chi connectivity index (χ2v) is 6.46. The Balaban J connectivity index is 1.80. The number of hydrogen-bond acceptors (Lipinski definition) is 5. The molecule has 0 amide bonds. The van der Waals surface area contributed by atoms with Gasteiger partial charge in [0, 0.05) is 23.5 Å². The lowest BCUT2D eigenvalue weighted by Gasteiger charge is -1.98. The van der Waals surface area contributed by atoms with E-state index in [-0.39, 0.29) is 0 Å². The average Bonchev–Trinajstić information content (AvgIpc) is 3.39. The summed E-state index contributed by atoms with van der Waals surface area (Å²) in [5.41, 5.74) is 3.60. The van der Waals surface area contributed by atoms with Crippen molar-refractivity contribution in [2.75, 3.05) is 0 Å². The Kier molecular flexibility index (Phi) is 4.42. The van der Waals surface area contributed by atoms with Crippen molar-refractivity contribution in [3.8, 4) is 23.2 Å². The summed E-state index contributed by atoms with van der Waals surface area (Å²) in [6.07, 6.45) is 3.53. The van der Waals surface area contributed by atoms with E-state index in [1.807, 2.05) is 69.4 Å². The Labute approximate surface area is 162 Å². The maximum atomic E-state index is 9.38. The minimum absolute atomic E-state index is 0.298. The van der Waals surface area contributed by atoms with Crippen molar-refractivity contribution in [1.29, 1.82) is 5.26 Å². The molecule has 4 aromatic rings. The zero-order valence-electron chi connectivity index (χ0n) is 15.8. The highest BCUT2D eigenvalue weighted by Crippen LogP contribution is 2.29. The van der Waals surface area contributed by atoms with Crippen LogP contribution in [0.1, 0.15) is 28.2 Å². The number of aliphatic imine (C=N–C) groups is 1. The van der Waals surface area contributed by atoms with E-state index < -0.39 is 0 Å². The molecule has 3 heterocycles. The third kappa shape index (κ3) is 3.14. The number of hydrogen-bond donors (Lipinski definition) is 0. The number of aryl methyl sites for hydroxylation is 2. The van der Waals surface area contributed by atoms with E-state index >= 15 is 0 Å². The third-order valence-electron chi connectivity index (χ3n) is 4.54. The molecule has 0 aliphatic carbocycles. The van der Waals surface area contributed by atoms with Crippen molar-refractivity contribution in [2.45, 2.75) is 20.8 Å². The van der Waals surface area contributed by atoms with Crippen LogP contribution in [0.5, 0.6) is 0 Å². The molecule has 0 aliphatic heterocycles. The molecule has 0 saturated heterocycles. The van der Waals surface area contributed by atoms with E-state index in [4.69, 9.17) is 8.83 Å². The summed E-state index contributed by atoms with van der Waals surface area (Å²) in [5, 5.41) is 14.1. The number of benzene rings is 1. The van der Waals surface area contributed by atoms with E-state index in [0.29, 0.717) is 28.7 Å². The van der Waals surface area contributed by atoms with Crippen LogP contribution in [-0.2, 0) is 0 Å². The Morgan fingerprint density at radius 3 is 2.54 bits per heavy atom. The molecule has 0 saturated carbocycles. The highest BCUT2D eigenvalue weighted by Gasteiger charge is 2.16. The number of nitriles is 1. The maximum absolute atomic E-state index is 9.38. The summed E-state index contributed by atoms with van der Waals surface area (Å²) >= 11 is 0. The van der Waals surface area contributed by atoms with Gasteiger partial charge in [-0.1, -0.05) is 18.2 Å². The lowest BCUT2D eigenvalue weighted by molar-refractivity contribution is 0.542.